The van der Waals surface area contributed by atoms with E-state index in [0.29, 0.717) is 17.9 Å². The summed E-state index contributed by atoms with van der Waals surface area (Å²) in [7, 11) is 1.34. The number of hydrogen-bond donors (Lipinski definition) is 2. The molecule has 2 aromatic rings. The molecule has 96 valence electrons. The van der Waals surface area contributed by atoms with Crippen molar-refractivity contribution in [1.29, 1.82) is 0 Å². The number of H-pyrrole nitrogens is 1. The molecule has 0 atom stereocenters. The maximum atomic E-state index is 11.2. The molecule has 0 amide bonds. The third kappa shape index (κ3) is 3.17. The van der Waals surface area contributed by atoms with Crippen molar-refractivity contribution in [2.45, 2.75) is 13.0 Å². The zero-order chi connectivity index (χ0) is 12.8. The van der Waals surface area contributed by atoms with Crippen molar-refractivity contribution in [3.8, 4) is 0 Å². The fraction of sp³-hybridized carbons (Fsp3) is 0.364. The van der Waals surface area contributed by atoms with Gasteiger partial charge in [-0.25, -0.2) is 9.78 Å². The van der Waals surface area contributed by atoms with Gasteiger partial charge in [-0.05, 0) is 6.07 Å². The van der Waals surface area contributed by atoms with Crippen LogP contribution in [0.4, 0.5) is 0 Å². The minimum atomic E-state index is -0.397. The van der Waals surface area contributed by atoms with Crippen LogP contribution < -0.4 is 5.32 Å². The number of esters is 1. The number of aromatic amines is 1. The second-order valence-corrected chi connectivity index (χ2v) is 3.65. The van der Waals surface area contributed by atoms with Crippen LogP contribution in [-0.2, 0) is 17.7 Å². The van der Waals surface area contributed by atoms with Crippen LogP contribution in [0.25, 0.3) is 0 Å². The van der Waals surface area contributed by atoms with Gasteiger partial charge in [0.2, 0.25) is 0 Å². The van der Waals surface area contributed by atoms with E-state index in [1.807, 2.05) is 0 Å². The van der Waals surface area contributed by atoms with E-state index in [2.05, 4.69) is 25.2 Å². The molecule has 0 spiro atoms. The first-order valence-electron chi connectivity index (χ1n) is 5.50. The lowest BCUT2D eigenvalue weighted by atomic mass is 10.3. The number of ether oxygens (including phenoxy) is 1. The largest absolute Gasteiger partial charge is 0.467 e. The first-order chi connectivity index (χ1) is 8.79. The van der Waals surface area contributed by atoms with E-state index in [-0.39, 0.29) is 0 Å². The number of furan rings is 1. The van der Waals surface area contributed by atoms with E-state index >= 15 is 0 Å². The Bertz CT molecular complexity index is 492. The molecule has 2 aromatic heterocycles. The number of rotatable bonds is 6. The molecule has 2 N–H and O–H groups in total. The predicted octanol–water partition coefficient (Wildman–Crippen LogP) is 0.517. The summed E-state index contributed by atoms with van der Waals surface area (Å²) in [5, 5.41) is 9.71. The van der Waals surface area contributed by atoms with Crippen molar-refractivity contribution in [3.05, 3.63) is 35.8 Å². The molecule has 0 aliphatic carbocycles. The quantitative estimate of drug-likeness (QED) is 0.573. The lowest BCUT2D eigenvalue weighted by molar-refractivity contribution is 0.0600. The van der Waals surface area contributed by atoms with E-state index in [9.17, 15) is 4.79 Å². The topological polar surface area (TPSA) is 93.0 Å². The van der Waals surface area contributed by atoms with Gasteiger partial charge in [-0.1, -0.05) is 0 Å². The van der Waals surface area contributed by atoms with Gasteiger partial charge in [-0.15, -0.1) is 0 Å². The van der Waals surface area contributed by atoms with Gasteiger partial charge in [0.1, 0.15) is 24.2 Å². The van der Waals surface area contributed by atoms with Crippen molar-refractivity contribution < 1.29 is 13.9 Å². The summed E-state index contributed by atoms with van der Waals surface area (Å²) in [6.45, 7) is 1.29. The molecule has 0 saturated carbocycles. The Labute approximate surface area is 104 Å². The van der Waals surface area contributed by atoms with E-state index < -0.39 is 5.97 Å². The fourth-order valence-electron chi connectivity index (χ4n) is 1.47. The number of carbonyl (C=O) groups excluding carboxylic acids is 1. The fourth-order valence-corrected chi connectivity index (χ4v) is 1.47. The summed E-state index contributed by atoms with van der Waals surface area (Å²) in [6, 6.07) is 1.66. The lowest BCUT2D eigenvalue weighted by Gasteiger charge is -1.99. The second-order valence-electron chi connectivity index (χ2n) is 3.65. The molecular formula is C11H14N4O3. The van der Waals surface area contributed by atoms with Gasteiger partial charge >= 0.3 is 5.97 Å². The molecule has 0 radical (unpaired) electrons. The Kier molecular flexibility index (Phi) is 4.08. The Morgan fingerprint density at radius 1 is 1.61 bits per heavy atom. The van der Waals surface area contributed by atoms with Gasteiger partial charge in [-0.2, -0.15) is 5.10 Å². The Hall–Kier alpha value is -2.15. The Morgan fingerprint density at radius 2 is 2.50 bits per heavy atom. The SMILES string of the molecule is COC(=O)c1coc(CNCCc2ncn[nH]2)c1. The number of carbonyl (C=O) groups is 1. The zero-order valence-corrected chi connectivity index (χ0v) is 9.97. The molecule has 0 aromatic carbocycles. The Morgan fingerprint density at radius 3 is 3.22 bits per heavy atom. The number of nitrogens with zero attached hydrogens (tertiary/aromatic N) is 2. The molecule has 0 saturated heterocycles. The molecule has 0 bridgehead atoms. The smallest absolute Gasteiger partial charge is 0.341 e. The highest BCUT2D eigenvalue weighted by molar-refractivity contribution is 5.88. The van der Waals surface area contributed by atoms with Crippen LogP contribution in [0.1, 0.15) is 21.9 Å². The highest BCUT2D eigenvalue weighted by Crippen LogP contribution is 2.08. The van der Waals surface area contributed by atoms with Gasteiger partial charge in [-0.3, -0.25) is 5.10 Å². The lowest BCUT2D eigenvalue weighted by Crippen LogP contribution is -2.16. The third-order valence-electron chi connectivity index (χ3n) is 2.38. The van der Waals surface area contributed by atoms with Crippen LogP contribution in [0.2, 0.25) is 0 Å². The van der Waals surface area contributed by atoms with Crippen molar-refractivity contribution in [3.63, 3.8) is 0 Å². The average molecular weight is 250 g/mol. The number of nitrogens with one attached hydrogen (secondary N) is 2. The monoisotopic (exact) mass is 250 g/mol. The van der Waals surface area contributed by atoms with Crippen LogP contribution in [0.3, 0.4) is 0 Å². The highest BCUT2D eigenvalue weighted by atomic mass is 16.5. The summed E-state index contributed by atoms with van der Waals surface area (Å²) in [6.07, 6.45) is 3.62. The minimum absolute atomic E-state index is 0.397. The molecule has 0 fully saturated rings. The van der Waals surface area contributed by atoms with Crippen molar-refractivity contribution in [2.24, 2.45) is 0 Å². The van der Waals surface area contributed by atoms with Crippen LogP contribution in [0.15, 0.2) is 23.1 Å². The maximum absolute atomic E-state index is 11.2. The normalized spacial score (nSPS) is 10.5. The summed E-state index contributed by atoms with van der Waals surface area (Å²) in [5.74, 6) is 1.12. The predicted molar refractivity (Wildman–Crippen MR) is 61.8 cm³/mol. The third-order valence-corrected chi connectivity index (χ3v) is 2.38. The first kappa shape index (κ1) is 12.3. The van der Waals surface area contributed by atoms with E-state index in [1.165, 1.54) is 19.7 Å². The van der Waals surface area contributed by atoms with Crippen molar-refractivity contribution in [2.75, 3.05) is 13.7 Å². The molecule has 2 rings (SSSR count). The highest BCUT2D eigenvalue weighted by Gasteiger charge is 2.09. The van der Waals surface area contributed by atoms with Crippen LogP contribution in [0.5, 0.6) is 0 Å². The number of hydrogen-bond acceptors (Lipinski definition) is 6. The Balaban J connectivity index is 1.73. The molecule has 2 heterocycles. The standard InChI is InChI=1S/C11H14N4O3/c1-17-11(16)8-4-9(18-6-8)5-12-3-2-10-13-7-14-15-10/h4,6-7,12H,2-3,5H2,1H3,(H,13,14,15). The summed E-state index contributed by atoms with van der Waals surface area (Å²) in [4.78, 5) is 15.2. The van der Waals surface area contributed by atoms with E-state index in [0.717, 1.165) is 18.8 Å². The minimum Gasteiger partial charge on any atom is -0.467 e. The molecule has 7 nitrogen and oxygen atoms in total. The van der Waals surface area contributed by atoms with Crippen LogP contribution in [0, 0.1) is 0 Å². The summed E-state index contributed by atoms with van der Waals surface area (Å²) >= 11 is 0. The van der Waals surface area contributed by atoms with Gasteiger partial charge in [0, 0.05) is 13.0 Å². The molecule has 0 aliphatic rings. The zero-order valence-electron chi connectivity index (χ0n) is 9.97. The number of aromatic nitrogens is 3. The summed E-state index contributed by atoms with van der Waals surface area (Å²) in [5.41, 5.74) is 0.421. The van der Waals surface area contributed by atoms with Gasteiger partial charge in [0.15, 0.2) is 0 Å². The molecule has 18 heavy (non-hydrogen) atoms. The van der Waals surface area contributed by atoms with Crippen LogP contribution >= 0.6 is 0 Å². The molecule has 0 unspecified atom stereocenters. The van der Waals surface area contributed by atoms with Gasteiger partial charge in [0.05, 0.1) is 19.2 Å². The maximum Gasteiger partial charge on any atom is 0.341 e. The molecule has 7 heteroatoms. The van der Waals surface area contributed by atoms with Gasteiger partial charge < -0.3 is 14.5 Å². The first-order valence-corrected chi connectivity index (χ1v) is 5.50. The average Bonchev–Trinajstić information content (AvgIpc) is 3.05. The van der Waals surface area contributed by atoms with Gasteiger partial charge in [0.25, 0.3) is 0 Å². The number of methoxy groups -OCH3 is 1. The molecular weight excluding hydrogens is 236 g/mol. The second kappa shape index (κ2) is 5.97. The molecule has 0 aliphatic heterocycles. The van der Waals surface area contributed by atoms with Crippen molar-refractivity contribution in [1.82, 2.24) is 20.5 Å². The van der Waals surface area contributed by atoms with E-state index in [1.54, 1.807) is 6.07 Å². The van der Waals surface area contributed by atoms with Crippen LogP contribution in [-0.4, -0.2) is 34.8 Å². The summed E-state index contributed by atoms with van der Waals surface area (Å²) < 4.78 is 9.81. The van der Waals surface area contributed by atoms with Crippen molar-refractivity contribution >= 4 is 5.97 Å². The van der Waals surface area contributed by atoms with E-state index in [4.69, 9.17) is 4.42 Å².